The molecule has 0 radical (unpaired) electrons. The fraction of sp³-hybridized carbons (Fsp3) is 0.643. The van der Waals surface area contributed by atoms with Crippen molar-refractivity contribution >= 4 is 17.6 Å². The van der Waals surface area contributed by atoms with Gasteiger partial charge in [-0.3, -0.25) is 9.48 Å². The van der Waals surface area contributed by atoms with Crippen LogP contribution in [0.4, 0.5) is 5.69 Å². The third-order valence-corrected chi connectivity index (χ3v) is 3.76. The number of ether oxygens (including phenoxy) is 1. The van der Waals surface area contributed by atoms with Crippen LogP contribution in [0.25, 0.3) is 0 Å². The van der Waals surface area contributed by atoms with Crippen molar-refractivity contribution in [1.29, 1.82) is 0 Å². The van der Waals surface area contributed by atoms with E-state index in [1.165, 1.54) is 4.68 Å². The van der Waals surface area contributed by atoms with Crippen molar-refractivity contribution in [3.8, 4) is 0 Å². The largest absolute Gasteiger partial charge is 0.448 e. The maximum Gasteiger partial charge on any atom is 0.359 e. The van der Waals surface area contributed by atoms with Gasteiger partial charge in [0.1, 0.15) is 0 Å². The number of aryl methyl sites for hydroxylation is 2. The maximum atomic E-state index is 12.2. The smallest absolute Gasteiger partial charge is 0.359 e. The summed E-state index contributed by atoms with van der Waals surface area (Å²) in [5, 5.41) is 4.07. The standard InChI is InChI=1S/C14H22N4O3/c1-9-11(15)12(17(3)16-9)14(20)21-10(2)13(19)18-7-5-4-6-8-18/h10H,4-8,15H2,1-3H3. The second-order valence-corrected chi connectivity index (χ2v) is 5.40. The van der Waals surface area contributed by atoms with Crippen LogP contribution in [0.15, 0.2) is 0 Å². The Morgan fingerprint density at radius 2 is 1.90 bits per heavy atom. The van der Waals surface area contributed by atoms with Crippen molar-refractivity contribution in [2.24, 2.45) is 7.05 Å². The van der Waals surface area contributed by atoms with E-state index in [0.29, 0.717) is 11.4 Å². The number of carbonyl (C=O) groups excluding carboxylic acids is 2. The van der Waals surface area contributed by atoms with E-state index < -0.39 is 12.1 Å². The van der Waals surface area contributed by atoms with Crippen molar-refractivity contribution in [1.82, 2.24) is 14.7 Å². The third-order valence-electron chi connectivity index (χ3n) is 3.76. The van der Waals surface area contributed by atoms with Gasteiger partial charge < -0.3 is 15.4 Å². The summed E-state index contributed by atoms with van der Waals surface area (Å²) in [7, 11) is 1.62. The van der Waals surface area contributed by atoms with Crippen LogP contribution >= 0.6 is 0 Å². The van der Waals surface area contributed by atoms with Gasteiger partial charge in [0.25, 0.3) is 5.91 Å². The van der Waals surface area contributed by atoms with Gasteiger partial charge in [-0.25, -0.2) is 4.79 Å². The summed E-state index contributed by atoms with van der Waals surface area (Å²) in [5.74, 6) is -0.769. The highest BCUT2D eigenvalue weighted by atomic mass is 16.5. The van der Waals surface area contributed by atoms with Gasteiger partial charge in [-0.05, 0) is 33.1 Å². The first-order valence-corrected chi connectivity index (χ1v) is 7.20. The summed E-state index contributed by atoms with van der Waals surface area (Å²) in [4.78, 5) is 26.1. The lowest BCUT2D eigenvalue weighted by Crippen LogP contribution is -2.42. The minimum Gasteiger partial charge on any atom is -0.448 e. The van der Waals surface area contributed by atoms with E-state index >= 15 is 0 Å². The summed E-state index contributed by atoms with van der Waals surface area (Å²) < 4.78 is 6.64. The van der Waals surface area contributed by atoms with Crippen molar-refractivity contribution in [3.63, 3.8) is 0 Å². The molecule has 1 aromatic heterocycles. The van der Waals surface area contributed by atoms with Gasteiger partial charge in [0.05, 0.1) is 11.4 Å². The average molecular weight is 294 g/mol. The molecule has 0 saturated carbocycles. The lowest BCUT2D eigenvalue weighted by molar-refractivity contribution is -0.140. The van der Waals surface area contributed by atoms with Crippen molar-refractivity contribution in [3.05, 3.63) is 11.4 Å². The van der Waals surface area contributed by atoms with Crippen molar-refractivity contribution in [2.75, 3.05) is 18.8 Å². The Kier molecular flexibility index (Phi) is 4.50. The SMILES string of the molecule is Cc1nn(C)c(C(=O)OC(C)C(=O)N2CCCCC2)c1N. The molecule has 0 aromatic carbocycles. The quantitative estimate of drug-likeness (QED) is 0.835. The van der Waals surface area contributed by atoms with E-state index in [1.54, 1.807) is 25.8 Å². The molecule has 1 fully saturated rings. The number of nitrogens with zero attached hydrogens (tertiary/aromatic N) is 3. The molecule has 1 amide bonds. The second-order valence-electron chi connectivity index (χ2n) is 5.40. The first kappa shape index (κ1) is 15.3. The van der Waals surface area contributed by atoms with E-state index in [4.69, 9.17) is 10.5 Å². The zero-order chi connectivity index (χ0) is 15.6. The molecule has 116 valence electrons. The molecule has 0 spiro atoms. The van der Waals surface area contributed by atoms with E-state index in [0.717, 1.165) is 32.4 Å². The van der Waals surface area contributed by atoms with Gasteiger partial charge in [0, 0.05) is 20.1 Å². The number of hydrogen-bond acceptors (Lipinski definition) is 5. The molecule has 7 nitrogen and oxygen atoms in total. The highest BCUT2D eigenvalue weighted by molar-refractivity contribution is 5.95. The molecule has 1 unspecified atom stereocenters. The zero-order valence-electron chi connectivity index (χ0n) is 12.8. The van der Waals surface area contributed by atoms with Crippen LogP contribution in [0.1, 0.15) is 42.4 Å². The third kappa shape index (κ3) is 3.17. The lowest BCUT2D eigenvalue weighted by atomic mass is 10.1. The van der Waals surface area contributed by atoms with Gasteiger partial charge in [0.2, 0.25) is 0 Å². The summed E-state index contributed by atoms with van der Waals surface area (Å²) in [6.45, 7) is 4.77. The number of nitrogens with two attached hydrogens (primary N) is 1. The molecular formula is C14H22N4O3. The Bertz CT molecular complexity index is 547. The fourth-order valence-electron chi connectivity index (χ4n) is 2.55. The molecular weight excluding hydrogens is 272 g/mol. The molecule has 1 saturated heterocycles. The molecule has 1 aromatic rings. The van der Waals surface area contributed by atoms with Gasteiger partial charge in [0.15, 0.2) is 11.8 Å². The summed E-state index contributed by atoms with van der Waals surface area (Å²) in [6, 6.07) is 0. The molecule has 2 heterocycles. The van der Waals surface area contributed by atoms with Gasteiger partial charge >= 0.3 is 5.97 Å². The van der Waals surface area contributed by atoms with E-state index in [2.05, 4.69) is 5.10 Å². The Labute approximate surface area is 124 Å². The number of amides is 1. The summed E-state index contributed by atoms with van der Waals surface area (Å²) >= 11 is 0. The topological polar surface area (TPSA) is 90.5 Å². The summed E-state index contributed by atoms with van der Waals surface area (Å²) in [5.41, 5.74) is 6.87. The van der Waals surface area contributed by atoms with Gasteiger partial charge in [-0.15, -0.1) is 0 Å². The monoisotopic (exact) mass is 294 g/mol. The van der Waals surface area contributed by atoms with Crippen molar-refractivity contribution in [2.45, 2.75) is 39.2 Å². The second kappa shape index (κ2) is 6.15. The summed E-state index contributed by atoms with van der Waals surface area (Å²) in [6.07, 6.45) is 2.33. The van der Waals surface area contributed by atoms with Crippen molar-refractivity contribution < 1.29 is 14.3 Å². The minimum absolute atomic E-state index is 0.152. The molecule has 1 aliphatic heterocycles. The number of aromatic nitrogens is 2. The zero-order valence-corrected chi connectivity index (χ0v) is 12.8. The van der Waals surface area contributed by atoms with Crippen LogP contribution < -0.4 is 5.73 Å². The number of esters is 1. The molecule has 2 N–H and O–H groups in total. The molecule has 7 heteroatoms. The Morgan fingerprint density at radius 3 is 2.43 bits per heavy atom. The number of rotatable bonds is 3. The fourth-order valence-corrected chi connectivity index (χ4v) is 2.55. The first-order chi connectivity index (χ1) is 9.91. The Hall–Kier alpha value is -2.05. The van der Waals surface area contributed by atoms with E-state index in [1.807, 2.05) is 0 Å². The van der Waals surface area contributed by atoms with E-state index in [9.17, 15) is 9.59 Å². The predicted octanol–water partition coefficient (Wildman–Crippen LogP) is 0.869. The van der Waals surface area contributed by atoms with Crippen LogP contribution in [-0.2, 0) is 16.6 Å². The lowest BCUT2D eigenvalue weighted by Gasteiger charge is -2.28. The number of carbonyl (C=O) groups is 2. The Morgan fingerprint density at radius 1 is 1.29 bits per heavy atom. The Balaban J connectivity index is 2.03. The molecule has 2 rings (SSSR count). The highest BCUT2D eigenvalue weighted by Crippen LogP contribution is 2.18. The average Bonchev–Trinajstić information content (AvgIpc) is 2.72. The van der Waals surface area contributed by atoms with Gasteiger partial charge in [-0.2, -0.15) is 5.10 Å². The van der Waals surface area contributed by atoms with Crippen LogP contribution in [0.5, 0.6) is 0 Å². The number of anilines is 1. The first-order valence-electron chi connectivity index (χ1n) is 7.20. The molecule has 1 atom stereocenters. The normalized spacial score (nSPS) is 16.6. The number of hydrogen-bond donors (Lipinski definition) is 1. The molecule has 0 aliphatic carbocycles. The minimum atomic E-state index is -0.815. The number of nitrogen functional groups attached to an aromatic ring is 1. The van der Waals surface area contributed by atoms with Crippen LogP contribution in [0.2, 0.25) is 0 Å². The predicted molar refractivity (Wildman–Crippen MR) is 77.7 cm³/mol. The van der Waals surface area contributed by atoms with Crippen LogP contribution in [0, 0.1) is 6.92 Å². The molecule has 21 heavy (non-hydrogen) atoms. The van der Waals surface area contributed by atoms with E-state index in [-0.39, 0.29) is 11.6 Å². The molecule has 0 bridgehead atoms. The van der Waals surface area contributed by atoms with Crippen LogP contribution in [-0.4, -0.2) is 45.8 Å². The maximum absolute atomic E-state index is 12.2. The number of piperidine rings is 1. The number of likely N-dealkylation sites (tertiary alicyclic amines) is 1. The highest BCUT2D eigenvalue weighted by Gasteiger charge is 2.27. The van der Waals surface area contributed by atoms with Gasteiger partial charge in [-0.1, -0.05) is 0 Å². The van der Waals surface area contributed by atoms with Crippen LogP contribution in [0.3, 0.4) is 0 Å². The molecule has 1 aliphatic rings.